The number of aliphatic hydroxyl groups is 3. The van der Waals surface area contributed by atoms with Gasteiger partial charge in [0.05, 0.1) is 13.0 Å². The number of aliphatic hydroxyl groups excluding tert-OH is 3. The maximum Gasteiger partial charge on any atom is 0.303 e. The summed E-state index contributed by atoms with van der Waals surface area (Å²) in [4.78, 5) is 53.0. The number of unbranched alkanes of at least 4 members (excludes halogenated alkanes) is 23. The Hall–Kier alpha value is -2.28. The fraction of sp³-hybridized carbons (Fsp3) is 0.913. The minimum absolute atomic E-state index is 0.0208. The monoisotopic (exact) mass is 826 g/mol. The Kier molecular flexibility index (Phi) is 31.9. The number of carbonyl (C=O) groups excluding carboxylic acids is 3. The number of ether oxygens (including phenoxy) is 1. The van der Waals surface area contributed by atoms with Crippen molar-refractivity contribution in [2.75, 3.05) is 13.2 Å². The van der Waals surface area contributed by atoms with Crippen LogP contribution >= 0.6 is 0 Å². The highest BCUT2D eigenvalue weighted by Gasteiger charge is 2.48. The van der Waals surface area contributed by atoms with Crippen molar-refractivity contribution < 1.29 is 44.3 Å². The molecule has 0 aromatic carbocycles. The zero-order valence-electron chi connectivity index (χ0n) is 37.2. The first-order valence-corrected chi connectivity index (χ1v) is 23.7. The molecule has 1 saturated heterocycles. The van der Waals surface area contributed by atoms with Crippen LogP contribution in [0.3, 0.4) is 0 Å². The van der Waals surface area contributed by atoms with Crippen molar-refractivity contribution in [2.45, 2.75) is 251 Å². The van der Waals surface area contributed by atoms with E-state index in [2.05, 4.69) is 24.5 Å². The second kappa shape index (κ2) is 34.4. The highest BCUT2D eigenvalue weighted by atomic mass is 16.5. The fourth-order valence-corrected chi connectivity index (χ4v) is 7.93. The van der Waals surface area contributed by atoms with Gasteiger partial charge in [0.15, 0.2) is 6.23 Å². The van der Waals surface area contributed by atoms with Crippen molar-refractivity contribution in [3.05, 3.63) is 0 Å². The van der Waals surface area contributed by atoms with Gasteiger partial charge in [0, 0.05) is 19.4 Å². The fourth-order valence-electron chi connectivity index (χ4n) is 7.93. The summed E-state index contributed by atoms with van der Waals surface area (Å²) in [6.45, 7) is 7.96. The predicted molar refractivity (Wildman–Crippen MR) is 231 cm³/mol. The number of hydrogen-bond acceptors (Lipinski definition) is 8. The minimum atomic E-state index is -1.57. The van der Waals surface area contributed by atoms with Crippen LogP contribution in [0.4, 0.5) is 0 Å². The van der Waals surface area contributed by atoms with Crippen molar-refractivity contribution in [1.82, 2.24) is 15.5 Å². The molecule has 0 aromatic rings. The van der Waals surface area contributed by atoms with E-state index in [4.69, 9.17) is 9.84 Å². The molecule has 1 aliphatic heterocycles. The molecule has 6 atom stereocenters. The number of carboxylic acids is 1. The van der Waals surface area contributed by atoms with Crippen LogP contribution in [0.2, 0.25) is 0 Å². The largest absolute Gasteiger partial charge is 0.481 e. The molecule has 0 bridgehead atoms. The van der Waals surface area contributed by atoms with E-state index in [0.29, 0.717) is 19.4 Å². The van der Waals surface area contributed by atoms with Crippen molar-refractivity contribution in [3.63, 3.8) is 0 Å². The molecular weight excluding hydrogens is 739 g/mol. The highest BCUT2D eigenvalue weighted by Crippen LogP contribution is 2.26. The van der Waals surface area contributed by atoms with Crippen LogP contribution in [-0.2, 0) is 23.9 Å². The zero-order valence-corrected chi connectivity index (χ0v) is 37.2. The van der Waals surface area contributed by atoms with E-state index in [1.807, 2.05) is 13.8 Å². The standard InChI is InChI=1S/C46H87N3O9/c1-5-7-9-11-13-15-16-17-18-19-20-21-23-25-27-29-33-49(40(52)30-28-26-24-22-14-12-10-8-6-2)46-42(44(56)43(55)38(35-50)58-46)48-45(57)37(34-36(3)4)47-39(51)31-32-41(53)54/h36-38,42-44,46,50,55-56H,5-35H2,1-4H3,(H,47,51)(H,48,57)(H,53,54)/t37-,38+,42+,43+,44+,46+/m0/s1. The molecule has 1 aliphatic rings. The summed E-state index contributed by atoms with van der Waals surface area (Å²) in [6, 6.07) is -2.29. The third kappa shape index (κ3) is 24.7. The van der Waals surface area contributed by atoms with Crippen LogP contribution in [0.1, 0.15) is 214 Å². The van der Waals surface area contributed by atoms with Gasteiger partial charge in [-0.15, -0.1) is 0 Å². The Bertz CT molecular complexity index is 1080. The van der Waals surface area contributed by atoms with Crippen molar-refractivity contribution in [3.8, 4) is 0 Å². The molecule has 58 heavy (non-hydrogen) atoms. The summed E-state index contributed by atoms with van der Waals surface area (Å²) in [5, 5.41) is 46.9. The van der Waals surface area contributed by atoms with E-state index in [9.17, 15) is 34.5 Å². The van der Waals surface area contributed by atoms with Crippen LogP contribution in [0.5, 0.6) is 0 Å². The molecule has 0 saturated carbocycles. The molecule has 3 amide bonds. The third-order valence-corrected chi connectivity index (χ3v) is 11.5. The van der Waals surface area contributed by atoms with E-state index < -0.39 is 61.0 Å². The number of amides is 3. The summed E-state index contributed by atoms with van der Waals surface area (Å²) in [6.07, 6.45) is 23.8. The molecule has 0 spiro atoms. The van der Waals surface area contributed by atoms with Gasteiger partial charge in [-0.25, -0.2) is 0 Å². The normalized spacial score (nSPS) is 19.9. The van der Waals surface area contributed by atoms with Crippen LogP contribution < -0.4 is 10.6 Å². The second-order valence-electron chi connectivity index (χ2n) is 17.4. The van der Waals surface area contributed by atoms with E-state index in [-0.39, 0.29) is 37.5 Å². The lowest BCUT2D eigenvalue weighted by atomic mass is 9.94. The average molecular weight is 826 g/mol. The van der Waals surface area contributed by atoms with Crippen LogP contribution in [0.15, 0.2) is 0 Å². The van der Waals surface area contributed by atoms with E-state index in [0.717, 1.165) is 38.5 Å². The molecule has 0 radical (unpaired) electrons. The molecule has 0 aromatic heterocycles. The van der Waals surface area contributed by atoms with Crippen molar-refractivity contribution in [2.24, 2.45) is 5.92 Å². The molecule has 6 N–H and O–H groups in total. The number of carbonyl (C=O) groups is 4. The topological polar surface area (TPSA) is 186 Å². The van der Waals surface area contributed by atoms with Gasteiger partial charge in [-0.1, -0.05) is 175 Å². The second-order valence-corrected chi connectivity index (χ2v) is 17.4. The Labute approximate surface area is 352 Å². The first kappa shape index (κ1) is 53.7. The molecular formula is C46H87N3O9. The van der Waals surface area contributed by atoms with Gasteiger partial charge in [-0.05, 0) is 25.2 Å². The lowest BCUT2D eigenvalue weighted by molar-refractivity contribution is -0.231. The lowest BCUT2D eigenvalue weighted by Gasteiger charge is -2.47. The van der Waals surface area contributed by atoms with Crippen LogP contribution in [0.25, 0.3) is 0 Å². The third-order valence-electron chi connectivity index (χ3n) is 11.5. The first-order valence-electron chi connectivity index (χ1n) is 23.7. The summed E-state index contributed by atoms with van der Waals surface area (Å²) in [5.74, 6) is -2.56. The van der Waals surface area contributed by atoms with Gasteiger partial charge >= 0.3 is 5.97 Å². The van der Waals surface area contributed by atoms with E-state index in [1.54, 1.807) is 4.90 Å². The molecule has 1 heterocycles. The van der Waals surface area contributed by atoms with Crippen molar-refractivity contribution in [1.29, 1.82) is 0 Å². The minimum Gasteiger partial charge on any atom is -0.481 e. The van der Waals surface area contributed by atoms with Gasteiger partial charge in [0.1, 0.15) is 30.4 Å². The average Bonchev–Trinajstić information content (AvgIpc) is 3.19. The molecule has 1 fully saturated rings. The molecule has 12 heteroatoms. The summed E-state index contributed by atoms with van der Waals surface area (Å²) in [5.41, 5.74) is 0. The molecule has 12 nitrogen and oxygen atoms in total. The first-order chi connectivity index (χ1) is 28.0. The quantitative estimate of drug-likeness (QED) is 0.0335. The van der Waals surface area contributed by atoms with Crippen molar-refractivity contribution >= 4 is 23.7 Å². The van der Waals surface area contributed by atoms with Gasteiger partial charge in [-0.3, -0.25) is 19.2 Å². The molecule has 1 rings (SSSR count). The Morgan fingerprint density at radius 1 is 0.621 bits per heavy atom. The smallest absolute Gasteiger partial charge is 0.303 e. The molecule has 0 unspecified atom stereocenters. The Balaban J connectivity index is 2.94. The number of hydrogen-bond donors (Lipinski definition) is 6. The van der Waals surface area contributed by atoms with E-state index >= 15 is 0 Å². The molecule has 0 aliphatic carbocycles. The van der Waals surface area contributed by atoms with E-state index in [1.165, 1.54) is 109 Å². The predicted octanol–water partition coefficient (Wildman–Crippen LogP) is 8.32. The number of rotatable bonds is 37. The number of carboxylic acid groups (broad SMARTS) is 1. The zero-order chi connectivity index (χ0) is 43.0. The maximum absolute atomic E-state index is 14.0. The van der Waals surface area contributed by atoms with Gasteiger partial charge in [0.2, 0.25) is 17.7 Å². The Morgan fingerprint density at radius 3 is 1.50 bits per heavy atom. The van der Waals surface area contributed by atoms with Gasteiger partial charge < -0.3 is 40.7 Å². The maximum atomic E-state index is 14.0. The number of nitrogens with zero attached hydrogens (tertiary/aromatic N) is 1. The molecule has 340 valence electrons. The summed E-state index contributed by atoms with van der Waals surface area (Å²) in [7, 11) is 0. The summed E-state index contributed by atoms with van der Waals surface area (Å²) < 4.78 is 6.17. The van der Waals surface area contributed by atoms with Gasteiger partial charge in [-0.2, -0.15) is 0 Å². The van der Waals surface area contributed by atoms with Crippen LogP contribution in [-0.4, -0.2) is 98.8 Å². The number of aliphatic carboxylic acids is 1. The highest BCUT2D eigenvalue weighted by molar-refractivity contribution is 5.89. The lowest BCUT2D eigenvalue weighted by Crippen LogP contribution is -2.70. The summed E-state index contributed by atoms with van der Waals surface area (Å²) >= 11 is 0. The van der Waals surface area contributed by atoms with Crippen LogP contribution in [0, 0.1) is 5.92 Å². The Morgan fingerprint density at radius 2 is 1.07 bits per heavy atom. The number of nitrogens with one attached hydrogen (secondary N) is 2. The SMILES string of the molecule is CCCCCCCCCCCCCCCCCCN(C(=O)CCCCCCCCCCC)[C@@H]1O[C@H](CO)[C@@H](O)[C@H](O)[C@H]1NC(=O)[C@H](CC(C)C)NC(=O)CCC(=O)O. The van der Waals surface area contributed by atoms with Gasteiger partial charge in [0.25, 0.3) is 0 Å².